The highest BCUT2D eigenvalue weighted by atomic mass is 35.5. The van der Waals surface area contributed by atoms with Crippen molar-refractivity contribution < 1.29 is 8.78 Å². The standard InChI is InChI=1S/C10H8ClF2N3/c1-16-10(14)7(11)9(15-16)5-3-2-4-6(12)8(5)13/h2-4H,14H2,1H3. The van der Waals surface area contributed by atoms with Gasteiger partial charge in [0.1, 0.15) is 16.5 Å². The zero-order valence-corrected chi connectivity index (χ0v) is 9.09. The topological polar surface area (TPSA) is 43.8 Å². The Bertz CT molecular complexity index is 551. The first kappa shape index (κ1) is 10.9. The summed E-state index contributed by atoms with van der Waals surface area (Å²) in [5.41, 5.74) is 5.72. The smallest absolute Gasteiger partial charge is 0.168 e. The highest BCUT2D eigenvalue weighted by Crippen LogP contribution is 2.33. The molecule has 16 heavy (non-hydrogen) atoms. The van der Waals surface area contributed by atoms with Crippen molar-refractivity contribution in [3.8, 4) is 11.3 Å². The first-order valence-corrected chi connectivity index (χ1v) is 4.82. The van der Waals surface area contributed by atoms with Crippen LogP contribution >= 0.6 is 11.6 Å². The summed E-state index contributed by atoms with van der Waals surface area (Å²) < 4.78 is 27.8. The Morgan fingerprint density at radius 2 is 2.06 bits per heavy atom. The summed E-state index contributed by atoms with van der Waals surface area (Å²) in [5, 5.41) is 4.05. The number of hydrogen-bond acceptors (Lipinski definition) is 2. The molecule has 0 amide bonds. The Kier molecular flexibility index (Phi) is 2.55. The van der Waals surface area contributed by atoms with Gasteiger partial charge in [-0.05, 0) is 12.1 Å². The molecule has 0 aliphatic carbocycles. The van der Waals surface area contributed by atoms with Gasteiger partial charge in [0, 0.05) is 12.6 Å². The van der Waals surface area contributed by atoms with E-state index in [0.717, 1.165) is 6.07 Å². The van der Waals surface area contributed by atoms with Crippen LogP contribution in [-0.2, 0) is 7.05 Å². The van der Waals surface area contributed by atoms with E-state index in [9.17, 15) is 8.78 Å². The number of rotatable bonds is 1. The molecule has 0 unspecified atom stereocenters. The van der Waals surface area contributed by atoms with Gasteiger partial charge in [-0.3, -0.25) is 4.68 Å². The summed E-state index contributed by atoms with van der Waals surface area (Å²) in [5.74, 6) is -1.72. The number of benzene rings is 1. The molecule has 0 aliphatic rings. The van der Waals surface area contributed by atoms with Gasteiger partial charge in [-0.1, -0.05) is 17.7 Å². The fraction of sp³-hybridized carbons (Fsp3) is 0.100. The lowest BCUT2D eigenvalue weighted by molar-refractivity contribution is 0.510. The van der Waals surface area contributed by atoms with Gasteiger partial charge in [-0.15, -0.1) is 0 Å². The van der Waals surface area contributed by atoms with Crippen molar-refractivity contribution >= 4 is 17.4 Å². The first-order valence-electron chi connectivity index (χ1n) is 4.44. The predicted molar refractivity (Wildman–Crippen MR) is 58.0 cm³/mol. The van der Waals surface area contributed by atoms with E-state index in [-0.39, 0.29) is 22.1 Å². The van der Waals surface area contributed by atoms with Crippen LogP contribution in [0.2, 0.25) is 5.02 Å². The highest BCUT2D eigenvalue weighted by molar-refractivity contribution is 6.35. The number of hydrogen-bond donors (Lipinski definition) is 1. The fourth-order valence-corrected chi connectivity index (χ4v) is 1.63. The molecular formula is C10H8ClF2N3. The van der Waals surface area contributed by atoms with Crippen LogP contribution < -0.4 is 5.73 Å². The molecule has 0 bridgehead atoms. The van der Waals surface area contributed by atoms with Gasteiger partial charge in [0.15, 0.2) is 11.6 Å². The van der Waals surface area contributed by atoms with Crippen LogP contribution in [0.15, 0.2) is 18.2 Å². The van der Waals surface area contributed by atoms with E-state index in [1.807, 2.05) is 0 Å². The number of nitrogens with two attached hydrogens (primary N) is 1. The molecule has 1 aromatic heterocycles. The van der Waals surface area contributed by atoms with Gasteiger partial charge in [0.2, 0.25) is 0 Å². The second kappa shape index (κ2) is 3.75. The average Bonchev–Trinajstić information content (AvgIpc) is 2.50. The maximum absolute atomic E-state index is 13.5. The Hall–Kier alpha value is -1.62. The Balaban J connectivity index is 2.68. The molecule has 0 saturated carbocycles. The summed E-state index contributed by atoms with van der Waals surface area (Å²) >= 11 is 5.88. The molecule has 2 N–H and O–H groups in total. The molecule has 2 aromatic rings. The lowest BCUT2D eigenvalue weighted by atomic mass is 10.1. The molecule has 6 heteroatoms. The van der Waals surface area contributed by atoms with Crippen molar-refractivity contribution in [2.24, 2.45) is 7.05 Å². The third-order valence-corrected chi connectivity index (χ3v) is 2.61. The van der Waals surface area contributed by atoms with Crippen molar-refractivity contribution in [3.05, 3.63) is 34.9 Å². The fourth-order valence-electron chi connectivity index (χ4n) is 1.37. The summed E-state index contributed by atoms with van der Waals surface area (Å²) in [6.45, 7) is 0. The summed E-state index contributed by atoms with van der Waals surface area (Å²) in [6.07, 6.45) is 0. The molecule has 1 aromatic carbocycles. The maximum Gasteiger partial charge on any atom is 0.168 e. The molecule has 0 radical (unpaired) electrons. The molecule has 0 spiro atoms. The van der Waals surface area contributed by atoms with Crippen LogP contribution in [0.5, 0.6) is 0 Å². The lowest BCUT2D eigenvalue weighted by Crippen LogP contribution is -1.97. The monoisotopic (exact) mass is 243 g/mol. The number of aromatic nitrogens is 2. The Morgan fingerprint density at radius 3 is 2.62 bits per heavy atom. The van der Waals surface area contributed by atoms with Crippen molar-refractivity contribution in [1.29, 1.82) is 0 Å². The van der Waals surface area contributed by atoms with Crippen LogP contribution in [0.3, 0.4) is 0 Å². The van der Waals surface area contributed by atoms with Gasteiger partial charge >= 0.3 is 0 Å². The summed E-state index contributed by atoms with van der Waals surface area (Å²) in [4.78, 5) is 0. The van der Waals surface area contributed by atoms with Crippen LogP contribution in [0.4, 0.5) is 14.6 Å². The van der Waals surface area contributed by atoms with Gasteiger partial charge in [-0.2, -0.15) is 5.10 Å². The molecule has 0 saturated heterocycles. The Labute approximate surface area is 95.4 Å². The molecule has 1 heterocycles. The van der Waals surface area contributed by atoms with Crippen molar-refractivity contribution in [3.63, 3.8) is 0 Å². The van der Waals surface area contributed by atoms with Gasteiger partial charge < -0.3 is 5.73 Å². The van der Waals surface area contributed by atoms with Crippen LogP contribution in [0.1, 0.15) is 0 Å². The SMILES string of the molecule is Cn1nc(-c2cccc(F)c2F)c(Cl)c1N. The lowest BCUT2D eigenvalue weighted by Gasteiger charge is -2.00. The Morgan fingerprint density at radius 1 is 1.38 bits per heavy atom. The van der Waals surface area contributed by atoms with E-state index in [0.29, 0.717) is 0 Å². The van der Waals surface area contributed by atoms with Gasteiger partial charge in [0.25, 0.3) is 0 Å². The normalized spacial score (nSPS) is 10.8. The van der Waals surface area contributed by atoms with E-state index in [2.05, 4.69) is 5.10 Å². The number of aryl methyl sites for hydroxylation is 1. The van der Waals surface area contributed by atoms with Gasteiger partial charge in [-0.25, -0.2) is 8.78 Å². The molecule has 0 fully saturated rings. The van der Waals surface area contributed by atoms with Crippen molar-refractivity contribution in [2.75, 3.05) is 5.73 Å². The minimum atomic E-state index is -0.984. The minimum absolute atomic E-state index is 0.00250. The van der Waals surface area contributed by atoms with Crippen LogP contribution in [-0.4, -0.2) is 9.78 Å². The largest absolute Gasteiger partial charge is 0.383 e. The zero-order valence-electron chi connectivity index (χ0n) is 8.34. The maximum atomic E-state index is 13.5. The third kappa shape index (κ3) is 1.53. The summed E-state index contributed by atoms with van der Waals surface area (Å²) in [7, 11) is 1.57. The second-order valence-corrected chi connectivity index (χ2v) is 3.65. The molecule has 0 aliphatic heterocycles. The quantitative estimate of drug-likeness (QED) is 0.837. The minimum Gasteiger partial charge on any atom is -0.383 e. The molecular weight excluding hydrogens is 236 g/mol. The first-order chi connectivity index (χ1) is 7.52. The predicted octanol–water partition coefficient (Wildman–Crippen LogP) is 2.60. The second-order valence-electron chi connectivity index (χ2n) is 3.27. The van der Waals surface area contributed by atoms with E-state index in [1.165, 1.54) is 16.8 Å². The van der Waals surface area contributed by atoms with E-state index < -0.39 is 11.6 Å². The average molecular weight is 244 g/mol. The van der Waals surface area contributed by atoms with Crippen LogP contribution in [0.25, 0.3) is 11.3 Å². The molecule has 84 valence electrons. The number of anilines is 1. The zero-order chi connectivity index (χ0) is 11.9. The van der Waals surface area contributed by atoms with Crippen LogP contribution in [0, 0.1) is 11.6 Å². The number of halogens is 3. The molecule has 2 rings (SSSR count). The number of nitrogen functional groups attached to an aromatic ring is 1. The van der Waals surface area contributed by atoms with Crippen molar-refractivity contribution in [1.82, 2.24) is 9.78 Å². The van der Waals surface area contributed by atoms with Gasteiger partial charge in [0.05, 0.1) is 0 Å². The molecule has 0 atom stereocenters. The highest BCUT2D eigenvalue weighted by Gasteiger charge is 2.18. The van der Waals surface area contributed by atoms with E-state index in [4.69, 9.17) is 17.3 Å². The third-order valence-electron chi connectivity index (χ3n) is 2.24. The molecule has 3 nitrogen and oxygen atoms in total. The van der Waals surface area contributed by atoms with E-state index in [1.54, 1.807) is 7.05 Å². The number of nitrogens with zero attached hydrogens (tertiary/aromatic N) is 2. The van der Waals surface area contributed by atoms with E-state index >= 15 is 0 Å². The summed E-state index contributed by atoms with van der Waals surface area (Å²) in [6, 6.07) is 3.81. The van der Waals surface area contributed by atoms with Crippen molar-refractivity contribution in [2.45, 2.75) is 0 Å².